The summed E-state index contributed by atoms with van der Waals surface area (Å²) in [4.78, 5) is 21.3. The molecule has 3 aromatic rings. The fraction of sp³-hybridized carbons (Fsp3) is 0.294. The molecule has 2 heterocycles. The quantitative estimate of drug-likeness (QED) is 0.763. The predicted molar refractivity (Wildman–Crippen MR) is 90.2 cm³/mol. The molecule has 0 radical (unpaired) electrons. The van der Waals surface area contributed by atoms with Crippen molar-refractivity contribution in [3.63, 3.8) is 0 Å². The van der Waals surface area contributed by atoms with Crippen molar-refractivity contribution in [1.82, 2.24) is 15.3 Å². The van der Waals surface area contributed by atoms with E-state index in [1.54, 1.807) is 11.3 Å². The van der Waals surface area contributed by atoms with E-state index in [1.165, 1.54) is 4.88 Å². The molecular weight excluding hydrogens is 294 g/mol. The number of nitrogens with zero attached hydrogens (tertiary/aromatic N) is 1. The van der Waals surface area contributed by atoms with Crippen molar-refractivity contribution in [2.75, 3.05) is 0 Å². The molecule has 0 aliphatic carbocycles. The Morgan fingerprint density at radius 1 is 1.32 bits per heavy atom. The van der Waals surface area contributed by atoms with Crippen LogP contribution >= 0.6 is 11.3 Å². The molecule has 2 N–H and O–H groups in total. The number of fused-ring (bicyclic) bond motifs is 1. The van der Waals surface area contributed by atoms with E-state index in [1.807, 2.05) is 36.6 Å². The fourth-order valence-corrected chi connectivity index (χ4v) is 3.49. The Kier molecular flexibility index (Phi) is 3.98. The third-order valence-corrected chi connectivity index (χ3v) is 4.62. The summed E-state index contributed by atoms with van der Waals surface area (Å²) in [5.74, 6) is 1.13. The summed E-state index contributed by atoms with van der Waals surface area (Å²) in [6.07, 6.45) is 0. The number of carbonyl (C=O) groups is 1. The Hall–Kier alpha value is -2.14. The lowest BCUT2D eigenvalue weighted by molar-refractivity contribution is 0.0926. The van der Waals surface area contributed by atoms with Gasteiger partial charge in [0, 0.05) is 10.4 Å². The molecule has 1 atom stereocenters. The van der Waals surface area contributed by atoms with Crippen LogP contribution in [0.1, 0.15) is 40.9 Å². The summed E-state index contributed by atoms with van der Waals surface area (Å²) in [7, 11) is 0. The molecule has 3 rings (SSSR count). The molecular formula is C17H19N3OS. The van der Waals surface area contributed by atoms with Crippen LogP contribution < -0.4 is 5.32 Å². The number of hydrogen-bond donors (Lipinski definition) is 2. The van der Waals surface area contributed by atoms with E-state index < -0.39 is 0 Å². The zero-order valence-corrected chi connectivity index (χ0v) is 13.7. The van der Waals surface area contributed by atoms with E-state index in [0.717, 1.165) is 16.9 Å². The van der Waals surface area contributed by atoms with Crippen molar-refractivity contribution in [2.24, 2.45) is 5.92 Å². The number of carbonyl (C=O) groups excluding carboxylic acids is 1. The number of aromatic amines is 1. The van der Waals surface area contributed by atoms with Gasteiger partial charge < -0.3 is 10.3 Å². The van der Waals surface area contributed by atoms with Crippen LogP contribution in [0.3, 0.4) is 0 Å². The first-order valence-electron chi connectivity index (χ1n) is 7.35. The molecule has 1 aromatic carbocycles. The summed E-state index contributed by atoms with van der Waals surface area (Å²) in [6, 6.07) is 9.67. The minimum atomic E-state index is -0.0544. The van der Waals surface area contributed by atoms with Gasteiger partial charge in [-0.3, -0.25) is 4.79 Å². The summed E-state index contributed by atoms with van der Waals surface area (Å²) >= 11 is 1.67. The van der Waals surface area contributed by atoms with E-state index in [9.17, 15) is 4.79 Å². The standard InChI is InChI=1S/C17H19N3OS/c1-10(2)16(15-5-4-8-22-15)20-17(21)12-6-7-13-14(9-12)19-11(3)18-13/h4-10,16H,1-3H3,(H,18,19)(H,20,21). The zero-order chi connectivity index (χ0) is 15.7. The normalized spacial score (nSPS) is 12.7. The van der Waals surface area contributed by atoms with Gasteiger partial charge in [-0.1, -0.05) is 19.9 Å². The van der Waals surface area contributed by atoms with Crippen molar-refractivity contribution in [2.45, 2.75) is 26.8 Å². The van der Waals surface area contributed by atoms with Crippen molar-refractivity contribution in [3.05, 3.63) is 52.0 Å². The van der Waals surface area contributed by atoms with Gasteiger partial charge in [-0.2, -0.15) is 0 Å². The van der Waals surface area contributed by atoms with Crippen LogP contribution in [0.4, 0.5) is 0 Å². The Morgan fingerprint density at radius 3 is 2.82 bits per heavy atom. The van der Waals surface area contributed by atoms with Gasteiger partial charge in [0.2, 0.25) is 0 Å². The maximum atomic E-state index is 12.6. The number of nitrogens with one attached hydrogen (secondary N) is 2. The van der Waals surface area contributed by atoms with E-state index in [4.69, 9.17) is 0 Å². The van der Waals surface area contributed by atoms with Crippen molar-refractivity contribution in [3.8, 4) is 0 Å². The second kappa shape index (κ2) is 5.93. The lowest BCUT2D eigenvalue weighted by Crippen LogP contribution is -2.31. The fourth-order valence-electron chi connectivity index (χ4n) is 2.54. The summed E-state index contributed by atoms with van der Waals surface area (Å²) in [6.45, 7) is 6.14. The van der Waals surface area contributed by atoms with E-state index in [2.05, 4.69) is 35.2 Å². The van der Waals surface area contributed by atoms with Crippen LogP contribution in [0.5, 0.6) is 0 Å². The highest BCUT2D eigenvalue weighted by atomic mass is 32.1. The van der Waals surface area contributed by atoms with Crippen LogP contribution in [0, 0.1) is 12.8 Å². The first kappa shape index (κ1) is 14.8. The molecule has 2 aromatic heterocycles. The monoisotopic (exact) mass is 313 g/mol. The zero-order valence-electron chi connectivity index (χ0n) is 12.9. The number of imidazole rings is 1. The van der Waals surface area contributed by atoms with Crippen LogP contribution in [0.25, 0.3) is 11.0 Å². The molecule has 0 fully saturated rings. The number of H-pyrrole nitrogens is 1. The average Bonchev–Trinajstić information content (AvgIpc) is 3.11. The molecule has 0 aliphatic heterocycles. The second-order valence-corrected chi connectivity index (χ2v) is 6.74. The average molecular weight is 313 g/mol. The number of amides is 1. The highest BCUT2D eigenvalue weighted by Gasteiger charge is 2.20. The van der Waals surface area contributed by atoms with Crippen LogP contribution in [0.15, 0.2) is 35.7 Å². The number of aryl methyl sites for hydroxylation is 1. The molecule has 5 heteroatoms. The number of aromatic nitrogens is 2. The Morgan fingerprint density at radius 2 is 2.14 bits per heavy atom. The summed E-state index contributed by atoms with van der Waals surface area (Å²) in [5.41, 5.74) is 2.42. The van der Waals surface area contributed by atoms with Gasteiger partial charge in [0.15, 0.2) is 0 Å². The molecule has 1 amide bonds. The van der Waals surface area contributed by atoms with Gasteiger partial charge in [-0.05, 0) is 42.5 Å². The highest BCUT2D eigenvalue weighted by Crippen LogP contribution is 2.26. The smallest absolute Gasteiger partial charge is 0.251 e. The summed E-state index contributed by atoms with van der Waals surface area (Å²) in [5, 5.41) is 5.18. The van der Waals surface area contributed by atoms with Crippen molar-refractivity contribution >= 4 is 28.3 Å². The first-order valence-corrected chi connectivity index (χ1v) is 8.23. The lowest BCUT2D eigenvalue weighted by atomic mass is 10.0. The predicted octanol–water partition coefficient (Wildman–Crippen LogP) is 4.06. The molecule has 1 unspecified atom stereocenters. The van der Waals surface area contributed by atoms with Gasteiger partial charge >= 0.3 is 0 Å². The molecule has 0 spiro atoms. The molecule has 22 heavy (non-hydrogen) atoms. The number of thiophene rings is 1. The van der Waals surface area contributed by atoms with Gasteiger partial charge in [-0.15, -0.1) is 11.3 Å². The number of hydrogen-bond acceptors (Lipinski definition) is 3. The maximum absolute atomic E-state index is 12.6. The third-order valence-electron chi connectivity index (χ3n) is 3.67. The van der Waals surface area contributed by atoms with E-state index >= 15 is 0 Å². The topological polar surface area (TPSA) is 57.8 Å². The minimum absolute atomic E-state index is 0.0340. The molecule has 0 bridgehead atoms. The first-order chi connectivity index (χ1) is 10.5. The maximum Gasteiger partial charge on any atom is 0.251 e. The second-order valence-electron chi connectivity index (χ2n) is 5.76. The third kappa shape index (κ3) is 2.90. The number of rotatable bonds is 4. The molecule has 0 aliphatic rings. The largest absolute Gasteiger partial charge is 0.344 e. The van der Waals surface area contributed by atoms with Gasteiger partial charge in [0.25, 0.3) is 5.91 Å². The van der Waals surface area contributed by atoms with Gasteiger partial charge in [0.1, 0.15) is 5.82 Å². The molecule has 4 nitrogen and oxygen atoms in total. The van der Waals surface area contributed by atoms with Crippen LogP contribution in [-0.2, 0) is 0 Å². The minimum Gasteiger partial charge on any atom is -0.344 e. The Balaban J connectivity index is 1.85. The van der Waals surface area contributed by atoms with Crippen LogP contribution in [0.2, 0.25) is 0 Å². The van der Waals surface area contributed by atoms with Crippen molar-refractivity contribution in [1.29, 1.82) is 0 Å². The summed E-state index contributed by atoms with van der Waals surface area (Å²) < 4.78 is 0. The molecule has 0 saturated heterocycles. The SMILES string of the molecule is Cc1nc2ccc(C(=O)NC(c3cccs3)C(C)C)cc2[nH]1. The van der Waals surface area contributed by atoms with Crippen LogP contribution in [-0.4, -0.2) is 15.9 Å². The van der Waals surface area contributed by atoms with Crippen molar-refractivity contribution < 1.29 is 4.79 Å². The van der Waals surface area contributed by atoms with E-state index in [-0.39, 0.29) is 11.9 Å². The van der Waals surface area contributed by atoms with Gasteiger partial charge in [-0.25, -0.2) is 4.98 Å². The molecule has 114 valence electrons. The van der Waals surface area contributed by atoms with E-state index in [0.29, 0.717) is 11.5 Å². The lowest BCUT2D eigenvalue weighted by Gasteiger charge is -2.21. The van der Waals surface area contributed by atoms with Gasteiger partial charge in [0.05, 0.1) is 17.1 Å². The Bertz CT molecular complexity index is 789. The number of benzene rings is 1. The Labute approximate surface area is 133 Å². The molecule has 0 saturated carbocycles. The highest BCUT2D eigenvalue weighted by molar-refractivity contribution is 7.10.